The predicted molar refractivity (Wildman–Crippen MR) is 48.5 cm³/mol. The summed E-state index contributed by atoms with van der Waals surface area (Å²) in [6.07, 6.45) is 0. The molecule has 2 rings (SSSR count). The Morgan fingerprint density at radius 2 is 1.92 bits per heavy atom. The fourth-order valence-electron chi connectivity index (χ4n) is 1.02. The van der Waals surface area contributed by atoms with Crippen molar-refractivity contribution in [3.63, 3.8) is 0 Å². The summed E-state index contributed by atoms with van der Waals surface area (Å²) in [5.41, 5.74) is 2.41. The molecular formula is C8H9ClN2O. The lowest BCUT2D eigenvalue weighted by molar-refractivity contribution is 0.550. The van der Waals surface area contributed by atoms with E-state index in [2.05, 4.69) is 9.97 Å². The molecule has 0 radical (unpaired) electrons. The first-order chi connectivity index (χ1) is 5.25. The maximum atomic E-state index is 5.23. The van der Waals surface area contributed by atoms with E-state index in [1.807, 2.05) is 26.0 Å². The number of aryl methyl sites for hydroxylation is 2. The first-order valence-corrected chi connectivity index (χ1v) is 3.46. The standard InChI is InChI=1S/C8H8N2O.ClH/c1-5-3-4-7-8(9-5)11-6(2)10-7;/h3-4H,1-2H3;1H. The van der Waals surface area contributed by atoms with Crippen LogP contribution in [0.1, 0.15) is 11.6 Å². The molecule has 12 heavy (non-hydrogen) atoms. The van der Waals surface area contributed by atoms with E-state index in [9.17, 15) is 0 Å². The van der Waals surface area contributed by atoms with Gasteiger partial charge in [0.15, 0.2) is 5.89 Å². The van der Waals surface area contributed by atoms with Crippen molar-refractivity contribution >= 4 is 23.6 Å². The third kappa shape index (κ3) is 1.41. The first kappa shape index (κ1) is 9.00. The Morgan fingerprint density at radius 1 is 1.17 bits per heavy atom. The summed E-state index contributed by atoms with van der Waals surface area (Å²) in [6, 6.07) is 3.83. The van der Waals surface area contributed by atoms with E-state index in [4.69, 9.17) is 4.42 Å². The van der Waals surface area contributed by atoms with Gasteiger partial charge >= 0.3 is 0 Å². The minimum absolute atomic E-state index is 0. The molecule has 2 heterocycles. The lowest BCUT2D eigenvalue weighted by atomic mass is 10.4. The molecule has 2 aromatic rings. The Morgan fingerprint density at radius 3 is 2.67 bits per heavy atom. The predicted octanol–water partition coefficient (Wildman–Crippen LogP) is 2.26. The van der Waals surface area contributed by atoms with Gasteiger partial charge in [0.2, 0.25) is 5.71 Å². The molecule has 0 aliphatic carbocycles. The van der Waals surface area contributed by atoms with Gasteiger partial charge in [0.05, 0.1) is 0 Å². The van der Waals surface area contributed by atoms with Crippen LogP contribution >= 0.6 is 12.4 Å². The zero-order valence-electron chi connectivity index (χ0n) is 6.87. The number of rotatable bonds is 0. The summed E-state index contributed by atoms with van der Waals surface area (Å²) in [5, 5.41) is 0. The minimum Gasteiger partial charge on any atom is -0.423 e. The topological polar surface area (TPSA) is 38.9 Å². The van der Waals surface area contributed by atoms with E-state index in [-0.39, 0.29) is 12.4 Å². The molecule has 0 unspecified atom stereocenters. The number of halogens is 1. The summed E-state index contributed by atoms with van der Waals surface area (Å²) in [4.78, 5) is 8.29. The van der Waals surface area contributed by atoms with Gasteiger partial charge in [0.25, 0.3) is 0 Å². The Labute approximate surface area is 76.2 Å². The van der Waals surface area contributed by atoms with Gasteiger partial charge in [-0.25, -0.2) is 9.97 Å². The molecule has 0 saturated carbocycles. The van der Waals surface area contributed by atoms with E-state index in [1.54, 1.807) is 0 Å². The Bertz CT molecular complexity index is 397. The number of hydrogen-bond acceptors (Lipinski definition) is 3. The largest absolute Gasteiger partial charge is 0.423 e. The smallest absolute Gasteiger partial charge is 0.247 e. The maximum absolute atomic E-state index is 5.23. The number of pyridine rings is 1. The van der Waals surface area contributed by atoms with Crippen LogP contribution in [0, 0.1) is 13.8 Å². The van der Waals surface area contributed by atoms with Gasteiger partial charge in [-0.2, -0.15) is 0 Å². The third-order valence-electron chi connectivity index (χ3n) is 1.50. The van der Waals surface area contributed by atoms with Crippen molar-refractivity contribution in [1.82, 2.24) is 9.97 Å². The van der Waals surface area contributed by atoms with Gasteiger partial charge in [-0.15, -0.1) is 12.4 Å². The van der Waals surface area contributed by atoms with Crippen molar-refractivity contribution in [2.24, 2.45) is 0 Å². The number of oxazole rings is 1. The van der Waals surface area contributed by atoms with Gasteiger partial charge < -0.3 is 4.42 Å². The van der Waals surface area contributed by atoms with E-state index in [0.29, 0.717) is 11.6 Å². The third-order valence-corrected chi connectivity index (χ3v) is 1.50. The van der Waals surface area contributed by atoms with E-state index >= 15 is 0 Å². The Kier molecular flexibility index (Phi) is 2.33. The summed E-state index contributed by atoms with van der Waals surface area (Å²) >= 11 is 0. The molecule has 3 nitrogen and oxygen atoms in total. The fraction of sp³-hybridized carbons (Fsp3) is 0.250. The summed E-state index contributed by atoms with van der Waals surface area (Å²) in [6.45, 7) is 3.74. The van der Waals surface area contributed by atoms with Crippen LogP contribution < -0.4 is 0 Å². The molecule has 0 N–H and O–H groups in total. The van der Waals surface area contributed by atoms with Crippen LogP contribution in [0.15, 0.2) is 16.5 Å². The molecule has 0 spiro atoms. The highest BCUT2D eigenvalue weighted by molar-refractivity contribution is 5.85. The van der Waals surface area contributed by atoms with Crippen LogP contribution in [-0.4, -0.2) is 9.97 Å². The van der Waals surface area contributed by atoms with E-state index in [1.165, 1.54) is 0 Å². The molecule has 0 fully saturated rings. The quantitative estimate of drug-likeness (QED) is 0.631. The normalized spacial score (nSPS) is 9.83. The molecule has 0 bridgehead atoms. The zero-order chi connectivity index (χ0) is 7.84. The number of fused-ring (bicyclic) bond motifs is 1. The van der Waals surface area contributed by atoms with Crippen LogP contribution in [0.5, 0.6) is 0 Å². The minimum atomic E-state index is 0. The van der Waals surface area contributed by atoms with Gasteiger partial charge in [0.1, 0.15) is 5.52 Å². The van der Waals surface area contributed by atoms with Crippen molar-refractivity contribution in [1.29, 1.82) is 0 Å². The van der Waals surface area contributed by atoms with E-state index < -0.39 is 0 Å². The molecule has 0 amide bonds. The number of hydrogen-bond donors (Lipinski definition) is 0. The van der Waals surface area contributed by atoms with Crippen molar-refractivity contribution in [3.8, 4) is 0 Å². The summed E-state index contributed by atoms with van der Waals surface area (Å²) in [7, 11) is 0. The lowest BCUT2D eigenvalue weighted by Gasteiger charge is -1.86. The van der Waals surface area contributed by atoms with Crippen LogP contribution in [0.3, 0.4) is 0 Å². The fourth-order valence-corrected chi connectivity index (χ4v) is 1.02. The molecule has 4 heteroatoms. The zero-order valence-corrected chi connectivity index (χ0v) is 7.68. The van der Waals surface area contributed by atoms with Crippen molar-refractivity contribution in [3.05, 3.63) is 23.7 Å². The molecule has 2 aromatic heterocycles. The molecule has 0 atom stereocenters. The van der Waals surface area contributed by atoms with Crippen molar-refractivity contribution in [2.45, 2.75) is 13.8 Å². The SMILES string of the molecule is Cc1ccc2nc(C)oc2n1.Cl. The lowest BCUT2D eigenvalue weighted by Crippen LogP contribution is -1.78. The molecule has 0 aliphatic heterocycles. The number of aromatic nitrogens is 2. The van der Waals surface area contributed by atoms with Gasteiger partial charge in [-0.3, -0.25) is 0 Å². The van der Waals surface area contributed by atoms with Gasteiger partial charge in [-0.1, -0.05) is 0 Å². The summed E-state index contributed by atoms with van der Waals surface area (Å²) in [5.74, 6) is 0.665. The maximum Gasteiger partial charge on any atom is 0.247 e. The van der Waals surface area contributed by atoms with Crippen molar-refractivity contribution < 1.29 is 4.42 Å². The monoisotopic (exact) mass is 184 g/mol. The van der Waals surface area contributed by atoms with Crippen LogP contribution in [0.2, 0.25) is 0 Å². The van der Waals surface area contributed by atoms with Gasteiger partial charge in [0, 0.05) is 12.6 Å². The van der Waals surface area contributed by atoms with Crippen LogP contribution in [0.4, 0.5) is 0 Å². The molecule has 0 aliphatic rings. The molecule has 64 valence electrons. The second-order valence-electron chi connectivity index (χ2n) is 2.51. The van der Waals surface area contributed by atoms with Crippen LogP contribution in [0.25, 0.3) is 11.2 Å². The Hall–Kier alpha value is -1.09. The van der Waals surface area contributed by atoms with Crippen molar-refractivity contribution in [2.75, 3.05) is 0 Å². The number of nitrogens with zero attached hydrogens (tertiary/aromatic N) is 2. The van der Waals surface area contributed by atoms with Gasteiger partial charge in [-0.05, 0) is 19.1 Å². The van der Waals surface area contributed by atoms with E-state index in [0.717, 1.165) is 11.2 Å². The molecule has 0 aromatic carbocycles. The molecular weight excluding hydrogens is 176 g/mol. The van der Waals surface area contributed by atoms with Crippen LogP contribution in [-0.2, 0) is 0 Å². The highest BCUT2D eigenvalue weighted by Gasteiger charge is 2.01. The highest BCUT2D eigenvalue weighted by atomic mass is 35.5. The average molecular weight is 185 g/mol. The second-order valence-corrected chi connectivity index (χ2v) is 2.51. The second kappa shape index (κ2) is 3.11. The average Bonchev–Trinajstić information content (AvgIpc) is 2.27. The summed E-state index contributed by atoms with van der Waals surface area (Å²) < 4.78 is 5.23. The first-order valence-electron chi connectivity index (χ1n) is 3.46. The molecule has 0 saturated heterocycles. The highest BCUT2D eigenvalue weighted by Crippen LogP contribution is 2.12. The Balaban J connectivity index is 0.000000720.